The van der Waals surface area contributed by atoms with Crippen LogP contribution < -0.4 is 14.8 Å². The standard InChI is InChI=1S/C25H29Cl2F3N2O6/c1-2-36-22(23(33)34)12-17-4-6-20(7-5-17)38-11-9-32(24(35)31-16-25(28,29)30)8-3-10-37-21-14-18(26)13-19(27)15-21/h4-7,13-15,22H,2-3,8-12,16H2,1H3,(H,31,35)(H,33,34). The Bertz CT molecular complexity index is 1020. The SMILES string of the molecule is CCOC(Cc1ccc(OCCN(CCCOc2cc(Cl)cc(Cl)c2)C(=O)NCC(F)(F)F)cc1)C(=O)O. The highest BCUT2D eigenvalue weighted by atomic mass is 35.5. The van der Waals surface area contributed by atoms with Crippen molar-refractivity contribution in [2.75, 3.05) is 39.5 Å². The molecule has 0 heterocycles. The van der Waals surface area contributed by atoms with Gasteiger partial charge in [0.25, 0.3) is 0 Å². The molecule has 0 bridgehead atoms. The van der Waals surface area contributed by atoms with Crippen LogP contribution in [0.4, 0.5) is 18.0 Å². The minimum absolute atomic E-state index is 0.0138. The van der Waals surface area contributed by atoms with Gasteiger partial charge in [-0.3, -0.25) is 0 Å². The average Bonchev–Trinajstić information content (AvgIpc) is 2.83. The minimum Gasteiger partial charge on any atom is -0.493 e. The molecule has 0 spiro atoms. The van der Waals surface area contributed by atoms with Gasteiger partial charge in [0.1, 0.15) is 24.7 Å². The summed E-state index contributed by atoms with van der Waals surface area (Å²) in [5.41, 5.74) is 0.729. The van der Waals surface area contributed by atoms with Crippen LogP contribution in [0.2, 0.25) is 10.0 Å². The van der Waals surface area contributed by atoms with Crippen molar-refractivity contribution in [3.8, 4) is 11.5 Å². The Hall–Kier alpha value is -2.89. The molecular weight excluding hydrogens is 552 g/mol. The zero-order valence-corrected chi connectivity index (χ0v) is 22.1. The quantitative estimate of drug-likeness (QED) is 0.272. The molecule has 0 aliphatic rings. The lowest BCUT2D eigenvalue weighted by atomic mass is 10.1. The number of nitrogens with zero attached hydrogens (tertiary/aromatic N) is 1. The summed E-state index contributed by atoms with van der Waals surface area (Å²) in [6.45, 7) is 0.824. The number of nitrogens with one attached hydrogen (secondary N) is 1. The fraction of sp³-hybridized carbons (Fsp3) is 0.440. The molecule has 0 aromatic heterocycles. The molecule has 210 valence electrons. The van der Waals surface area contributed by atoms with Gasteiger partial charge < -0.3 is 29.5 Å². The van der Waals surface area contributed by atoms with E-state index < -0.39 is 30.8 Å². The fourth-order valence-corrected chi connectivity index (χ4v) is 3.79. The van der Waals surface area contributed by atoms with Crippen molar-refractivity contribution in [2.45, 2.75) is 32.0 Å². The van der Waals surface area contributed by atoms with Gasteiger partial charge in [-0.2, -0.15) is 13.2 Å². The molecule has 13 heteroatoms. The summed E-state index contributed by atoms with van der Waals surface area (Å²) in [6.07, 6.45) is -5.01. The maximum absolute atomic E-state index is 12.6. The van der Waals surface area contributed by atoms with Gasteiger partial charge in [-0.25, -0.2) is 9.59 Å². The number of halogens is 5. The number of carboxylic acids is 1. The number of carbonyl (C=O) groups excluding carboxylic acids is 1. The van der Waals surface area contributed by atoms with Crippen LogP contribution in [0, 0.1) is 0 Å². The van der Waals surface area contributed by atoms with Gasteiger partial charge in [0.15, 0.2) is 6.10 Å². The van der Waals surface area contributed by atoms with Crippen LogP contribution in [0.25, 0.3) is 0 Å². The lowest BCUT2D eigenvalue weighted by Gasteiger charge is -2.24. The summed E-state index contributed by atoms with van der Waals surface area (Å²) in [6, 6.07) is 10.5. The third-order valence-corrected chi connectivity index (χ3v) is 5.46. The predicted molar refractivity (Wildman–Crippen MR) is 136 cm³/mol. The summed E-state index contributed by atoms with van der Waals surface area (Å²) in [7, 11) is 0. The topological polar surface area (TPSA) is 97.3 Å². The smallest absolute Gasteiger partial charge is 0.405 e. The molecule has 0 aliphatic carbocycles. The van der Waals surface area contributed by atoms with E-state index in [1.54, 1.807) is 49.4 Å². The third-order valence-electron chi connectivity index (χ3n) is 5.02. The van der Waals surface area contributed by atoms with Crippen molar-refractivity contribution < 1.29 is 42.1 Å². The maximum Gasteiger partial charge on any atom is 0.405 e. The van der Waals surface area contributed by atoms with Gasteiger partial charge in [0.05, 0.1) is 13.2 Å². The Kier molecular flexibility index (Phi) is 12.8. The zero-order valence-electron chi connectivity index (χ0n) is 20.6. The van der Waals surface area contributed by atoms with Crippen molar-refractivity contribution in [1.29, 1.82) is 0 Å². The van der Waals surface area contributed by atoms with E-state index in [-0.39, 0.29) is 39.3 Å². The second-order valence-corrected chi connectivity index (χ2v) is 8.92. The van der Waals surface area contributed by atoms with Crippen LogP contribution in [-0.2, 0) is 16.0 Å². The molecule has 2 N–H and O–H groups in total. The van der Waals surface area contributed by atoms with E-state index in [0.29, 0.717) is 28.0 Å². The van der Waals surface area contributed by atoms with E-state index >= 15 is 0 Å². The van der Waals surface area contributed by atoms with Crippen LogP contribution in [0.15, 0.2) is 42.5 Å². The molecule has 8 nitrogen and oxygen atoms in total. The Balaban J connectivity index is 1.89. The highest BCUT2D eigenvalue weighted by molar-refractivity contribution is 6.34. The van der Waals surface area contributed by atoms with E-state index in [1.807, 2.05) is 5.32 Å². The average molecular weight is 581 g/mol. The first-order valence-electron chi connectivity index (χ1n) is 11.7. The van der Waals surface area contributed by atoms with Crippen LogP contribution >= 0.6 is 23.2 Å². The first-order valence-corrected chi connectivity index (χ1v) is 12.5. The second kappa shape index (κ2) is 15.5. The monoisotopic (exact) mass is 580 g/mol. The molecule has 0 radical (unpaired) electrons. The Labute approximate surface area is 228 Å². The summed E-state index contributed by atoms with van der Waals surface area (Å²) >= 11 is 11.9. The third kappa shape index (κ3) is 12.1. The molecular formula is C25H29Cl2F3N2O6. The number of carbonyl (C=O) groups is 2. The van der Waals surface area contributed by atoms with Gasteiger partial charge in [-0.1, -0.05) is 35.3 Å². The Morgan fingerprint density at radius 3 is 2.21 bits per heavy atom. The summed E-state index contributed by atoms with van der Waals surface area (Å²) < 4.78 is 54.1. The van der Waals surface area contributed by atoms with E-state index in [2.05, 4.69) is 0 Å². The Morgan fingerprint density at radius 1 is 1.00 bits per heavy atom. The number of hydrogen-bond acceptors (Lipinski definition) is 5. The van der Waals surface area contributed by atoms with E-state index in [4.69, 9.17) is 37.4 Å². The molecule has 38 heavy (non-hydrogen) atoms. The molecule has 0 saturated heterocycles. The normalized spacial score (nSPS) is 12.1. The zero-order chi connectivity index (χ0) is 28.1. The van der Waals surface area contributed by atoms with Gasteiger partial charge in [0, 0.05) is 29.6 Å². The summed E-state index contributed by atoms with van der Waals surface area (Å²) in [4.78, 5) is 24.8. The molecule has 0 saturated carbocycles. The van der Waals surface area contributed by atoms with Gasteiger partial charge in [-0.05, 0) is 49.2 Å². The first kappa shape index (κ1) is 31.3. The number of alkyl halides is 3. The number of benzene rings is 2. The minimum atomic E-state index is -4.55. The van der Waals surface area contributed by atoms with Gasteiger partial charge >= 0.3 is 18.2 Å². The molecule has 2 amide bonds. The van der Waals surface area contributed by atoms with E-state index in [1.165, 1.54) is 4.90 Å². The van der Waals surface area contributed by atoms with E-state index in [9.17, 15) is 27.9 Å². The van der Waals surface area contributed by atoms with Gasteiger partial charge in [0.2, 0.25) is 0 Å². The number of urea groups is 1. The van der Waals surface area contributed by atoms with Crippen molar-refractivity contribution in [3.05, 3.63) is 58.1 Å². The van der Waals surface area contributed by atoms with Crippen LogP contribution in [0.1, 0.15) is 18.9 Å². The lowest BCUT2D eigenvalue weighted by Crippen LogP contribution is -2.45. The van der Waals surface area contributed by atoms with Crippen LogP contribution in [0.5, 0.6) is 11.5 Å². The largest absolute Gasteiger partial charge is 0.493 e. The van der Waals surface area contributed by atoms with Crippen molar-refractivity contribution in [3.63, 3.8) is 0 Å². The number of amides is 2. The molecule has 2 aromatic carbocycles. The molecule has 0 aliphatic heterocycles. The summed E-state index contributed by atoms with van der Waals surface area (Å²) in [5.74, 6) is -0.176. The van der Waals surface area contributed by atoms with E-state index in [0.717, 1.165) is 5.56 Å². The molecule has 1 unspecified atom stereocenters. The molecule has 0 fully saturated rings. The van der Waals surface area contributed by atoms with Crippen LogP contribution in [-0.4, -0.2) is 73.7 Å². The first-order chi connectivity index (χ1) is 18.0. The maximum atomic E-state index is 12.6. The highest BCUT2D eigenvalue weighted by Crippen LogP contribution is 2.24. The number of rotatable bonds is 15. The Morgan fingerprint density at radius 2 is 1.63 bits per heavy atom. The van der Waals surface area contributed by atoms with Crippen molar-refractivity contribution >= 4 is 35.2 Å². The predicted octanol–water partition coefficient (Wildman–Crippen LogP) is 5.45. The number of ether oxygens (including phenoxy) is 3. The number of carboxylic acid groups (broad SMARTS) is 1. The highest BCUT2D eigenvalue weighted by Gasteiger charge is 2.28. The van der Waals surface area contributed by atoms with Gasteiger partial charge in [-0.15, -0.1) is 0 Å². The van der Waals surface area contributed by atoms with Crippen LogP contribution in [0.3, 0.4) is 0 Å². The number of hydrogen-bond donors (Lipinski definition) is 2. The number of aliphatic carboxylic acids is 1. The molecule has 2 rings (SSSR count). The summed E-state index contributed by atoms with van der Waals surface area (Å²) in [5, 5.41) is 11.8. The van der Waals surface area contributed by atoms with Crippen molar-refractivity contribution in [2.24, 2.45) is 0 Å². The lowest BCUT2D eigenvalue weighted by molar-refractivity contribution is -0.150. The van der Waals surface area contributed by atoms with Crippen molar-refractivity contribution in [1.82, 2.24) is 10.2 Å². The molecule has 1 atom stereocenters. The molecule has 2 aromatic rings. The second-order valence-electron chi connectivity index (χ2n) is 8.05. The fourth-order valence-electron chi connectivity index (χ4n) is 3.29.